The minimum Gasteiger partial charge on any atom is -0.432 e. The summed E-state index contributed by atoms with van der Waals surface area (Å²) in [5.74, 6) is -0.155. The number of rotatable bonds is 6. The van der Waals surface area contributed by atoms with Gasteiger partial charge < -0.3 is 59.8 Å². The van der Waals surface area contributed by atoms with E-state index in [0.29, 0.717) is 19.3 Å². The Morgan fingerprint density at radius 2 is 1.42 bits per heavy atom. The average Bonchev–Trinajstić information content (AvgIpc) is 3.14. The minimum absolute atomic E-state index is 0.00707. The molecular weight excluding hydrogens is 712 g/mol. The first-order valence-corrected chi connectivity index (χ1v) is 20.8. The Bertz CT molecular complexity index is 1490. The number of carbonyl (C=O) groups is 1. The van der Waals surface area contributed by atoms with Gasteiger partial charge in [-0.2, -0.15) is 0 Å². The monoisotopic (exact) mass is 780 g/mol. The normalized spacial score (nSPS) is 54.9. The molecule has 19 unspecified atom stereocenters. The summed E-state index contributed by atoms with van der Waals surface area (Å²) in [6.45, 7) is 14.7. The highest BCUT2D eigenvalue weighted by molar-refractivity contribution is 5.79. The molecule has 0 radical (unpaired) electrons. The van der Waals surface area contributed by atoms with Crippen LogP contribution in [-0.4, -0.2) is 128 Å². The Kier molecular flexibility index (Phi) is 10.8. The van der Waals surface area contributed by atoms with Crippen molar-refractivity contribution in [1.29, 1.82) is 0 Å². The number of fused-ring (bicyclic) bond motifs is 7. The van der Waals surface area contributed by atoms with Gasteiger partial charge in [0.2, 0.25) is 6.29 Å². The third kappa shape index (κ3) is 6.15. The first-order valence-electron chi connectivity index (χ1n) is 20.8. The lowest BCUT2D eigenvalue weighted by molar-refractivity contribution is -0.333. The highest BCUT2D eigenvalue weighted by Crippen LogP contribution is 2.76. The van der Waals surface area contributed by atoms with Crippen LogP contribution in [0.15, 0.2) is 11.6 Å². The number of aliphatic hydroxyl groups is 8. The van der Waals surface area contributed by atoms with Gasteiger partial charge in [-0.05, 0) is 111 Å². The highest BCUT2D eigenvalue weighted by Gasteiger charge is 2.70. The molecule has 4 saturated carbocycles. The van der Waals surface area contributed by atoms with E-state index >= 15 is 0 Å². The summed E-state index contributed by atoms with van der Waals surface area (Å²) < 4.78 is 23.9. The van der Waals surface area contributed by atoms with Crippen LogP contribution >= 0.6 is 0 Å². The van der Waals surface area contributed by atoms with Gasteiger partial charge in [-0.25, -0.2) is 0 Å². The fourth-order valence-corrected chi connectivity index (χ4v) is 13.5. The van der Waals surface area contributed by atoms with E-state index in [2.05, 4.69) is 47.6 Å². The van der Waals surface area contributed by atoms with Crippen molar-refractivity contribution in [2.45, 2.75) is 180 Å². The molecule has 0 spiro atoms. The molecule has 0 aromatic heterocycles. The van der Waals surface area contributed by atoms with Gasteiger partial charge in [-0.1, -0.05) is 53.2 Å². The fraction of sp³-hybridized carbons (Fsp3) is 0.929. The van der Waals surface area contributed by atoms with Crippen molar-refractivity contribution < 1.29 is 64.6 Å². The van der Waals surface area contributed by atoms with Crippen molar-refractivity contribution in [3.63, 3.8) is 0 Å². The number of aliphatic hydroxyl groups excluding tert-OH is 8. The Hall–Kier alpha value is -1.23. The van der Waals surface area contributed by atoms with Gasteiger partial charge in [-0.3, -0.25) is 4.79 Å². The smallest absolute Gasteiger partial charge is 0.315 e. The Balaban J connectivity index is 1.17. The topological polar surface area (TPSA) is 216 Å². The maximum atomic E-state index is 14.5. The van der Waals surface area contributed by atoms with Crippen LogP contribution in [-0.2, 0) is 23.7 Å². The zero-order valence-electron chi connectivity index (χ0n) is 33.8. The van der Waals surface area contributed by atoms with Crippen LogP contribution in [0.2, 0.25) is 0 Å². The molecule has 2 heterocycles. The second kappa shape index (κ2) is 14.2. The van der Waals surface area contributed by atoms with Crippen molar-refractivity contribution in [2.24, 2.45) is 50.2 Å². The van der Waals surface area contributed by atoms with Crippen molar-refractivity contribution in [3.8, 4) is 0 Å². The molecule has 2 aliphatic heterocycles. The summed E-state index contributed by atoms with van der Waals surface area (Å²) in [7, 11) is 0. The lowest BCUT2D eigenvalue weighted by atomic mass is 9.33. The maximum Gasteiger partial charge on any atom is 0.315 e. The summed E-state index contributed by atoms with van der Waals surface area (Å²) in [6.07, 6.45) is -3.86. The van der Waals surface area contributed by atoms with Gasteiger partial charge in [0.1, 0.15) is 42.7 Å². The number of hydrogen-bond acceptors (Lipinski definition) is 13. The molecule has 2 saturated heterocycles. The minimum atomic E-state index is -1.56. The molecule has 314 valence electrons. The van der Waals surface area contributed by atoms with E-state index in [1.807, 2.05) is 0 Å². The van der Waals surface area contributed by atoms with Gasteiger partial charge in [0.25, 0.3) is 0 Å². The molecular formula is C42H68O13. The van der Waals surface area contributed by atoms with Crippen molar-refractivity contribution >= 4 is 5.97 Å². The van der Waals surface area contributed by atoms with Gasteiger partial charge in [-0.15, -0.1) is 0 Å². The first kappa shape index (κ1) is 41.9. The molecule has 0 aromatic rings. The van der Waals surface area contributed by atoms with Crippen LogP contribution in [0.3, 0.4) is 0 Å². The van der Waals surface area contributed by atoms with E-state index in [0.717, 1.165) is 44.9 Å². The maximum absolute atomic E-state index is 14.5. The van der Waals surface area contributed by atoms with Crippen LogP contribution in [0, 0.1) is 50.2 Å². The molecule has 13 heteroatoms. The summed E-state index contributed by atoms with van der Waals surface area (Å²) in [5.41, 5.74) is -0.728. The number of carbonyl (C=O) groups excluding carboxylic acids is 1. The van der Waals surface area contributed by atoms with Crippen LogP contribution in [0.1, 0.15) is 113 Å². The fourth-order valence-electron chi connectivity index (χ4n) is 13.5. The molecule has 13 nitrogen and oxygen atoms in total. The van der Waals surface area contributed by atoms with E-state index in [-0.39, 0.29) is 46.0 Å². The molecule has 7 aliphatic rings. The summed E-state index contributed by atoms with van der Waals surface area (Å²) in [4.78, 5) is 14.5. The lowest BCUT2D eigenvalue weighted by Crippen LogP contribution is -2.67. The molecule has 0 aromatic carbocycles. The van der Waals surface area contributed by atoms with Gasteiger partial charge in [0.15, 0.2) is 6.29 Å². The highest BCUT2D eigenvalue weighted by atomic mass is 16.7. The van der Waals surface area contributed by atoms with E-state index in [9.17, 15) is 45.6 Å². The molecule has 55 heavy (non-hydrogen) atoms. The Labute approximate surface area is 325 Å². The molecule has 0 amide bonds. The van der Waals surface area contributed by atoms with E-state index < -0.39 is 90.9 Å². The first-order chi connectivity index (χ1) is 25.6. The number of esters is 1. The quantitative estimate of drug-likeness (QED) is 0.111. The molecule has 19 atom stereocenters. The SMILES string of the molecule is CC1OC(OC(=O)C23CCC(C)(C)CC2C2=CCC4C5(C)CCC(OC6OC(CO)C(O)C(O)C6O)C(C)(CO)C5CCC4(C)C2(C)CC3)C(O)C(O)C1O. The zero-order chi connectivity index (χ0) is 40.3. The molecule has 6 fully saturated rings. The second-order valence-corrected chi connectivity index (χ2v) is 20.5. The van der Waals surface area contributed by atoms with E-state index in [1.54, 1.807) is 6.92 Å². The lowest BCUT2D eigenvalue weighted by Gasteiger charge is -2.71. The van der Waals surface area contributed by atoms with Crippen LogP contribution < -0.4 is 0 Å². The third-order valence-corrected chi connectivity index (χ3v) is 17.3. The molecule has 8 N–H and O–H groups in total. The average molecular weight is 781 g/mol. The summed E-state index contributed by atoms with van der Waals surface area (Å²) in [5, 5.41) is 84.1. The van der Waals surface area contributed by atoms with Gasteiger partial charge in [0, 0.05) is 5.41 Å². The summed E-state index contributed by atoms with van der Waals surface area (Å²) in [6, 6.07) is 0. The predicted molar refractivity (Wildman–Crippen MR) is 198 cm³/mol. The van der Waals surface area contributed by atoms with E-state index in [1.165, 1.54) is 5.57 Å². The number of ether oxygens (including phenoxy) is 4. The standard InChI is InChI=1S/C42H68O13/c1-21-28(45)30(47)32(49)34(52-21)55-36(51)42-16-14-37(2,3)18-23(42)22-8-9-26-38(4)12-11-27(54-35-33(50)31(48)29(46)24(19-43)53-35)39(5,20-44)25(38)10-13-41(26,7)40(22,6)15-17-42/h8,21,23-35,43-50H,9-20H2,1-7H3. The van der Waals surface area contributed by atoms with Crippen LogP contribution in [0.25, 0.3) is 0 Å². The predicted octanol–water partition coefficient (Wildman–Crippen LogP) is 2.32. The van der Waals surface area contributed by atoms with Crippen molar-refractivity contribution in [2.75, 3.05) is 13.2 Å². The van der Waals surface area contributed by atoms with Crippen LogP contribution in [0.4, 0.5) is 0 Å². The van der Waals surface area contributed by atoms with Gasteiger partial charge in [0.05, 0.1) is 30.8 Å². The van der Waals surface area contributed by atoms with Crippen LogP contribution in [0.5, 0.6) is 0 Å². The van der Waals surface area contributed by atoms with Crippen molar-refractivity contribution in [3.05, 3.63) is 11.6 Å². The number of hydrogen-bond donors (Lipinski definition) is 8. The van der Waals surface area contributed by atoms with E-state index in [4.69, 9.17) is 18.9 Å². The molecule has 7 rings (SSSR count). The Morgan fingerprint density at radius 3 is 2.09 bits per heavy atom. The van der Waals surface area contributed by atoms with Crippen molar-refractivity contribution in [1.82, 2.24) is 0 Å². The summed E-state index contributed by atoms with van der Waals surface area (Å²) >= 11 is 0. The number of allylic oxidation sites excluding steroid dienone is 2. The van der Waals surface area contributed by atoms with Gasteiger partial charge >= 0.3 is 5.97 Å². The molecule has 0 bridgehead atoms. The zero-order valence-corrected chi connectivity index (χ0v) is 33.8. The Morgan fingerprint density at radius 1 is 0.764 bits per heavy atom. The second-order valence-electron chi connectivity index (χ2n) is 20.5. The molecule has 5 aliphatic carbocycles. The largest absolute Gasteiger partial charge is 0.432 e. The third-order valence-electron chi connectivity index (χ3n) is 17.3.